The van der Waals surface area contributed by atoms with E-state index in [0.29, 0.717) is 18.8 Å². The number of hydrogen-bond acceptors (Lipinski definition) is 5. The summed E-state index contributed by atoms with van der Waals surface area (Å²) in [7, 11) is 0. The first-order valence-corrected chi connectivity index (χ1v) is 12.1. The molecule has 0 aromatic rings. The van der Waals surface area contributed by atoms with Crippen LogP contribution < -0.4 is 0 Å². The minimum absolute atomic E-state index is 0.117. The van der Waals surface area contributed by atoms with Crippen LogP contribution in [0, 0.1) is 29.6 Å². The van der Waals surface area contributed by atoms with Gasteiger partial charge in [0, 0.05) is 18.8 Å². The molecule has 0 aliphatic heterocycles. The first-order chi connectivity index (χ1) is 15.2. The van der Waals surface area contributed by atoms with Crippen LogP contribution in [-0.4, -0.2) is 40.1 Å². The molecule has 2 rings (SSSR count). The van der Waals surface area contributed by atoms with Crippen molar-refractivity contribution in [1.29, 1.82) is 0 Å². The summed E-state index contributed by atoms with van der Waals surface area (Å²) in [6, 6.07) is 0. The third-order valence-corrected chi connectivity index (χ3v) is 7.29. The van der Waals surface area contributed by atoms with Crippen LogP contribution in [-0.2, 0) is 19.1 Å². The number of carbonyl (C=O) groups is 3. The number of aliphatic hydroxyl groups excluding tert-OH is 1. The van der Waals surface area contributed by atoms with Crippen molar-refractivity contribution < 1.29 is 29.3 Å². The largest absolute Gasteiger partial charge is 0.481 e. The summed E-state index contributed by atoms with van der Waals surface area (Å²) in [5.41, 5.74) is 1.27. The van der Waals surface area contributed by atoms with E-state index in [1.54, 1.807) is 0 Å². The van der Waals surface area contributed by atoms with E-state index in [1.165, 1.54) is 5.57 Å². The number of hydrogen-bond donors (Lipinski definition) is 2. The Bertz CT molecular complexity index is 724. The lowest BCUT2D eigenvalue weighted by Crippen LogP contribution is -2.45. The standard InChI is InChI=1S/C26H40O6/c1-5-8-18-13-19-9-7-10-23(32-26(31)16(3)6-2)25(19)22(17(18)4)12-11-20(27)14-21(28)15-24(29)30/h5,8,13,16-17,19,21-23,25,28H,6-7,9-12,14-15H2,1-4H3,(H,29,30)/b8-5+/t16-,17+,19+,21+,22-,23-,25-/m0/s1. The summed E-state index contributed by atoms with van der Waals surface area (Å²) in [4.78, 5) is 35.8. The first kappa shape index (κ1) is 26.3. The molecule has 0 bridgehead atoms. The Labute approximate surface area is 192 Å². The molecule has 0 aromatic carbocycles. The Morgan fingerprint density at radius 2 is 1.97 bits per heavy atom. The maximum absolute atomic E-state index is 12.6. The molecule has 0 amide bonds. The average molecular weight is 449 g/mol. The van der Waals surface area contributed by atoms with Crippen LogP contribution in [0.4, 0.5) is 0 Å². The number of fused-ring (bicyclic) bond motifs is 1. The molecule has 7 atom stereocenters. The molecule has 180 valence electrons. The van der Waals surface area contributed by atoms with Crippen LogP contribution in [0.1, 0.15) is 79.1 Å². The van der Waals surface area contributed by atoms with E-state index in [1.807, 2.05) is 26.8 Å². The lowest BCUT2D eigenvalue weighted by Gasteiger charge is -2.47. The van der Waals surface area contributed by atoms with Gasteiger partial charge in [0.05, 0.1) is 18.4 Å². The quantitative estimate of drug-likeness (QED) is 0.444. The number of aliphatic hydroxyl groups is 1. The predicted molar refractivity (Wildman–Crippen MR) is 123 cm³/mol. The van der Waals surface area contributed by atoms with Gasteiger partial charge < -0.3 is 14.9 Å². The predicted octanol–water partition coefficient (Wildman–Crippen LogP) is 4.70. The van der Waals surface area contributed by atoms with Crippen LogP contribution >= 0.6 is 0 Å². The molecule has 6 nitrogen and oxygen atoms in total. The molecule has 0 aromatic heterocycles. The Hall–Kier alpha value is -1.95. The Morgan fingerprint density at radius 3 is 2.59 bits per heavy atom. The Balaban J connectivity index is 2.18. The van der Waals surface area contributed by atoms with Crippen molar-refractivity contribution in [2.24, 2.45) is 29.6 Å². The number of carboxylic acid groups (broad SMARTS) is 1. The second kappa shape index (κ2) is 12.3. The number of ketones is 1. The number of ether oxygens (including phenoxy) is 1. The maximum Gasteiger partial charge on any atom is 0.308 e. The molecular formula is C26H40O6. The highest BCUT2D eigenvalue weighted by Crippen LogP contribution is 2.48. The van der Waals surface area contributed by atoms with Gasteiger partial charge in [-0.2, -0.15) is 0 Å². The van der Waals surface area contributed by atoms with Gasteiger partial charge in [0.25, 0.3) is 0 Å². The summed E-state index contributed by atoms with van der Waals surface area (Å²) in [6.45, 7) is 8.06. The van der Waals surface area contributed by atoms with Crippen molar-refractivity contribution >= 4 is 17.7 Å². The van der Waals surface area contributed by atoms with E-state index in [2.05, 4.69) is 19.1 Å². The van der Waals surface area contributed by atoms with Crippen LogP contribution in [0.5, 0.6) is 0 Å². The third-order valence-electron chi connectivity index (χ3n) is 7.29. The number of carboxylic acids is 1. The minimum Gasteiger partial charge on any atom is -0.481 e. The van der Waals surface area contributed by atoms with Gasteiger partial charge in [0.15, 0.2) is 0 Å². The third kappa shape index (κ3) is 7.03. The summed E-state index contributed by atoms with van der Waals surface area (Å²) in [5.74, 6) is -0.575. The minimum atomic E-state index is -1.14. The van der Waals surface area contributed by atoms with Gasteiger partial charge in [-0.25, -0.2) is 0 Å². The molecule has 2 N–H and O–H groups in total. The Kier molecular flexibility index (Phi) is 10.1. The molecule has 1 fully saturated rings. The van der Waals surface area contributed by atoms with E-state index in [9.17, 15) is 19.5 Å². The highest BCUT2D eigenvalue weighted by molar-refractivity contribution is 5.79. The van der Waals surface area contributed by atoms with Gasteiger partial charge in [-0.05, 0) is 62.4 Å². The van der Waals surface area contributed by atoms with Crippen molar-refractivity contribution in [3.05, 3.63) is 23.8 Å². The monoisotopic (exact) mass is 448 g/mol. The fraction of sp³-hybridized carbons (Fsp3) is 0.731. The van der Waals surface area contributed by atoms with Crippen molar-refractivity contribution in [1.82, 2.24) is 0 Å². The number of allylic oxidation sites excluding steroid dienone is 4. The van der Waals surface area contributed by atoms with E-state index in [-0.39, 0.29) is 47.9 Å². The van der Waals surface area contributed by atoms with Crippen LogP contribution in [0.2, 0.25) is 0 Å². The fourth-order valence-electron chi connectivity index (χ4n) is 5.36. The molecule has 0 heterocycles. The molecule has 0 saturated heterocycles. The van der Waals surface area contributed by atoms with Crippen LogP contribution in [0.3, 0.4) is 0 Å². The van der Waals surface area contributed by atoms with Crippen molar-refractivity contribution in [3.8, 4) is 0 Å². The van der Waals surface area contributed by atoms with Gasteiger partial charge in [0.1, 0.15) is 11.9 Å². The number of carbonyl (C=O) groups excluding carboxylic acids is 2. The van der Waals surface area contributed by atoms with Crippen molar-refractivity contribution in [3.63, 3.8) is 0 Å². The highest BCUT2D eigenvalue weighted by Gasteiger charge is 2.45. The van der Waals surface area contributed by atoms with E-state index >= 15 is 0 Å². The van der Waals surface area contributed by atoms with Gasteiger partial charge in [0.2, 0.25) is 0 Å². The zero-order valence-electron chi connectivity index (χ0n) is 20.0. The van der Waals surface area contributed by atoms with E-state index in [0.717, 1.165) is 25.7 Å². The number of aliphatic carboxylic acids is 1. The summed E-state index contributed by atoms with van der Waals surface area (Å²) in [5, 5.41) is 18.6. The lowest BCUT2D eigenvalue weighted by molar-refractivity contribution is -0.162. The van der Waals surface area contributed by atoms with Gasteiger partial charge in [-0.1, -0.05) is 39.0 Å². The zero-order chi connectivity index (χ0) is 23.8. The molecule has 32 heavy (non-hydrogen) atoms. The normalized spacial score (nSPS) is 29.7. The van der Waals surface area contributed by atoms with E-state index in [4.69, 9.17) is 9.84 Å². The first-order valence-electron chi connectivity index (χ1n) is 12.1. The van der Waals surface area contributed by atoms with Crippen LogP contribution in [0.25, 0.3) is 0 Å². The van der Waals surface area contributed by atoms with Gasteiger partial charge in [-0.15, -0.1) is 0 Å². The average Bonchev–Trinajstić information content (AvgIpc) is 2.72. The van der Waals surface area contributed by atoms with Gasteiger partial charge in [-0.3, -0.25) is 14.4 Å². The summed E-state index contributed by atoms with van der Waals surface area (Å²) < 4.78 is 6.03. The van der Waals surface area contributed by atoms with Crippen molar-refractivity contribution in [2.75, 3.05) is 0 Å². The number of Topliss-reactive ketones (excluding diaryl/α,β-unsaturated/α-hetero) is 1. The summed E-state index contributed by atoms with van der Waals surface area (Å²) >= 11 is 0. The molecule has 0 radical (unpaired) electrons. The molecule has 0 unspecified atom stereocenters. The van der Waals surface area contributed by atoms with E-state index < -0.39 is 18.5 Å². The SMILES string of the molecule is C/C=C/C1=C[C@H]2CCC[C@H](OC(=O)[C@@H](C)CC)[C@@H]2[C@@H](CCC(=O)C[C@@H](O)CC(=O)O)[C@@H]1C. The maximum atomic E-state index is 12.6. The summed E-state index contributed by atoms with van der Waals surface area (Å²) in [6.07, 6.45) is 9.29. The molecular weight excluding hydrogens is 408 g/mol. The lowest BCUT2D eigenvalue weighted by atomic mass is 9.60. The number of esters is 1. The molecule has 2 aliphatic carbocycles. The molecule has 1 saturated carbocycles. The molecule has 0 spiro atoms. The van der Waals surface area contributed by atoms with Crippen molar-refractivity contribution in [2.45, 2.75) is 91.3 Å². The molecule has 2 aliphatic rings. The second-order valence-corrected chi connectivity index (χ2v) is 9.61. The smallest absolute Gasteiger partial charge is 0.308 e. The topological polar surface area (TPSA) is 101 Å². The van der Waals surface area contributed by atoms with Gasteiger partial charge >= 0.3 is 11.9 Å². The number of rotatable bonds is 11. The highest BCUT2D eigenvalue weighted by atomic mass is 16.5. The second-order valence-electron chi connectivity index (χ2n) is 9.61. The zero-order valence-corrected chi connectivity index (χ0v) is 20.0. The van der Waals surface area contributed by atoms with Crippen LogP contribution in [0.15, 0.2) is 23.8 Å². The Morgan fingerprint density at radius 1 is 1.25 bits per heavy atom. The fourth-order valence-corrected chi connectivity index (χ4v) is 5.36. The molecule has 6 heteroatoms.